The molecule has 40 heavy (non-hydrogen) atoms. The number of amides is 2. The molecule has 2 amide bonds. The molecule has 5 fully saturated rings. The van der Waals surface area contributed by atoms with Crippen LogP contribution in [0.15, 0.2) is 24.3 Å². The highest BCUT2D eigenvalue weighted by molar-refractivity contribution is 6.33. The summed E-state index contributed by atoms with van der Waals surface area (Å²) in [4.78, 5) is 30.5. The lowest BCUT2D eigenvalue weighted by atomic mass is 9.51. The fourth-order valence-corrected chi connectivity index (χ4v) is 8.68. The first-order valence-corrected chi connectivity index (χ1v) is 15.3. The van der Waals surface area contributed by atoms with Crippen LogP contribution in [0.3, 0.4) is 0 Å². The van der Waals surface area contributed by atoms with E-state index in [0.717, 1.165) is 32.1 Å². The van der Waals surface area contributed by atoms with Crippen LogP contribution >= 0.6 is 11.6 Å². The van der Waals surface area contributed by atoms with E-state index in [1.54, 1.807) is 11.0 Å². The van der Waals surface area contributed by atoms with E-state index in [1.165, 1.54) is 0 Å². The van der Waals surface area contributed by atoms with Crippen molar-refractivity contribution in [3.8, 4) is 0 Å². The predicted molar refractivity (Wildman–Crippen MR) is 157 cm³/mol. The Morgan fingerprint density at radius 2 is 1.82 bits per heavy atom. The van der Waals surface area contributed by atoms with Gasteiger partial charge in [-0.3, -0.25) is 14.5 Å². The van der Waals surface area contributed by atoms with Gasteiger partial charge in [0.05, 0.1) is 29.0 Å². The highest BCUT2D eigenvalue weighted by atomic mass is 35.5. The number of carbonyl (C=O) groups excluding carboxylic acids is 2. The Morgan fingerprint density at radius 3 is 2.42 bits per heavy atom. The zero-order valence-electron chi connectivity index (χ0n) is 24.4. The van der Waals surface area contributed by atoms with Crippen molar-refractivity contribution >= 4 is 29.1 Å². The minimum Gasteiger partial charge on any atom is -0.391 e. The minimum atomic E-state index is -0.897. The van der Waals surface area contributed by atoms with Gasteiger partial charge in [-0.25, -0.2) is 0 Å². The molecule has 1 saturated heterocycles. The third-order valence-corrected chi connectivity index (χ3v) is 10.5. The number of carbonyl (C=O) groups is 2. The lowest BCUT2D eigenvalue weighted by Gasteiger charge is -2.60. The third-order valence-electron chi connectivity index (χ3n) is 10.2. The minimum absolute atomic E-state index is 0.0241. The maximum absolute atomic E-state index is 13.7. The Kier molecular flexibility index (Phi) is 8.07. The number of para-hydroxylation sites is 1. The predicted octanol–water partition coefficient (Wildman–Crippen LogP) is 3.32. The van der Waals surface area contributed by atoms with Gasteiger partial charge < -0.3 is 26.2 Å². The first kappa shape index (κ1) is 29.8. The van der Waals surface area contributed by atoms with E-state index in [1.807, 2.05) is 36.9 Å². The van der Waals surface area contributed by atoms with Crippen LogP contribution in [0.5, 0.6) is 0 Å². The van der Waals surface area contributed by atoms with Gasteiger partial charge in [-0.05, 0) is 88.7 Å². The Labute approximate surface area is 243 Å². The van der Waals surface area contributed by atoms with E-state index < -0.39 is 29.2 Å². The van der Waals surface area contributed by atoms with Gasteiger partial charge in [0.2, 0.25) is 11.8 Å². The molecule has 1 aliphatic heterocycles. The van der Waals surface area contributed by atoms with Crippen molar-refractivity contribution in [1.82, 2.24) is 10.2 Å². The Hall–Kier alpha value is -1.71. The lowest BCUT2D eigenvalue weighted by Crippen LogP contribution is -2.66. The number of rotatable bonds is 9. The molecule has 6 rings (SSSR count). The number of nitrogens with zero attached hydrogens (tertiary/aromatic N) is 2. The largest absolute Gasteiger partial charge is 0.391 e. The summed E-state index contributed by atoms with van der Waals surface area (Å²) in [7, 11) is 0. The van der Waals surface area contributed by atoms with Gasteiger partial charge in [0, 0.05) is 36.1 Å². The Balaban J connectivity index is 1.21. The van der Waals surface area contributed by atoms with Crippen LogP contribution in [-0.4, -0.2) is 75.4 Å². The van der Waals surface area contributed by atoms with E-state index >= 15 is 0 Å². The summed E-state index contributed by atoms with van der Waals surface area (Å²) in [5.74, 6) is 0.480. The highest BCUT2D eigenvalue weighted by Crippen LogP contribution is 2.57. The van der Waals surface area contributed by atoms with Crippen LogP contribution in [0.1, 0.15) is 72.6 Å². The first-order valence-electron chi connectivity index (χ1n) is 15.0. The smallest absolute Gasteiger partial charge is 0.241 e. The van der Waals surface area contributed by atoms with Crippen molar-refractivity contribution in [2.24, 2.45) is 29.4 Å². The number of anilines is 1. The molecule has 1 heterocycles. The molecule has 1 aromatic rings. The summed E-state index contributed by atoms with van der Waals surface area (Å²) in [6.45, 7) is 9.09. The molecule has 0 spiro atoms. The summed E-state index contributed by atoms with van der Waals surface area (Å²) >= 11 is 6.38. The summed E-state index contributed by atoms with van der Waals surface area (Å²) in [5.41, 5.74) is 5.86. The molecule has 0 radical (unpaired) electrons. The number of nitrogens with two attached hydrogens (primary N) is 1. The number of halogens is 1. The molecule has 2 unspecified atom stereocenters. The topological polar surface area (TPSA) is 119 Å². The number of hydrogen-bond donors (Lipinski definition) is 4. The SMILES string of the molecule is CC(C)[C@H](C[C@H](O)[C@@H](N)CN1CC(=O)N(c2ccccc2Cl)CC1(C)C)C(=O)NC12CC3CC(CC(O)(C3)C1)C2. The monoisotopic (exact) mass is 574 g/mol. The van der Waals surface area contributed by atoms with E-state index in [4.69, 9.17) is 17.3 Å². The number of hydrogen-bond acceptors (Lipinski definition) is 6. The van der Waals surface area contributed by atoms with Crippen LogP contribution in [0.25, 0.3) is 0 Å². The Morgan fingerprint density at radius 1 is 1.18 bits per heavy atom. The molecule has 4 saturated carbocycles. The van der Waals surface area contributed by atoms with E-state index in [-0.39, 0.29) is 36.2 Å². The molecule has 4 aliphatic carbocycles. The van der Waals surface area contributed by atoms with Crippen molar-refractivity contribution in [2.75, 3.05) is 24.5 Å². The van der Waals surface area contributed by atoms with Gasteiger partial charge in [-0.1, -0.05) is 37.6 Å². The summed E-state index contributed by atoms with van der Waals surface area (Å²) in [5, 5.41) is 26.2. The number of benzene rings is 1. The van der Waals surface area contributed by atoms with E-state index in [0.29, 0.717) is 42.1 Å². The van der Waals surface area contributed by atoms with E-state index in [2.05, 4.69) is 19.2 Å². The van der Waals surface area contributed by atoms with Gasteiger partial charge in [-0.2, -0.15) is 0 Å². The fourth-order valence-electron chi connectivity index (χ4n) is 8.45. The molecule has 4 bridgehead atoms. The van der Waals surface area contributed by atoms with Crippen LogP contribution in [0, 0.1) is 23.7 Å². The highest BCUT2D eigenvalue weighted by Gasteiger charge is 2.58. The molecule has 8 nitrogen and oxygen atoms in total. The molecule has 5 atom stereocenters. The van der Waals surface area contributed by atoms with Crippen molar-refractivity contribution in [1.29, 1.82) is 0 Å². The molecule has 1 aromatic carbocycles. The number of aliphatic hydroxyl groups is 2. The average Bonchev–Trinajstić information content (AvgIpc) is 2.82. The van der Waals surface area contributed by atoms with Crippen LogP contribution < -0.4 is 16.0 Å². The second-order valence-electron chi connectivity index (χ2n) is 14.4. The van der Waals surface area contributed by atoms with Gasteiger partial charge >= 0.3 is 0 Å². The summed E-state index contributed by atoms with van der Waals surface area (Å²) < 4.78 is 0. The summed E-state index contributed by atoms with van der Waals surface area (Å²) in [6.07, 6.45) is 4.74. The second kappa shape index (κ2) is 10.8. The second-order valence-corrected chi connectivity index (χ2v) is 14.8. The first-order chi connectivity index (χ1) is 18.7. The number of piperazine rings is 1. The van der Waals surface area contributed by atoms with Gasteiger partial charge in [0.15, 0.2) is 0 Å². The zero-order chi connectivity index (χ0) is 29.0. The molecule has 0 aromatic heterocycles. The molecular formula is C31H47ClN4O4. The van der Waals surface area contributed by atoms with Crippen molar-refractivity contribution in [3.63, 3.8) is 0 Å². The Bertz CT molecular complexity index is 1110. The van der Waals surface area contributed by atoms with Crippen LogP contribution in [-0.2, 0) is 9.59 Å². The van der Waals surface area contributed by atoms with Crippen LogP contribution in [0.4, 0.5) is 5.69 Å². The van der Waals surface area contributed by atoms with E-state index in [9.17, 15) is 19.8 Å². The fraction of sp³-hybridized carbons (Fsp3) is 0.742. The third kappa shape index (κ3) is 5.93. The standard InChI is InChI=1S/C31H47ClN4O4/c1-19(2)22(28(39)34-30-11-20-9-21(12-30)14-31(40,13-20)17-30)10-26(37)24(33)15-35-16-27(38)36(18-29(35,3)4)25-8-6-5-7-23(25)32/h5-8,19-22,24,26,37,40H,9-18,33H2,1-4H3,(H,34,39)/t20?,21?,22-,24-,26-,30?,31?/m0/s1. The number of aliphatic hydroxyl groups excluding tert-OH is 1. The molecule has 9 heteroatoms. The van der Waals surface area contributed by atoms with Gasteiger partial charge in [0.25, 0.3) is 0 Å². The average molecular weight is 575 g/mol. The van der Waals surface area contributed by atoms with Gasteiger partial charge in [-0.15, -0.1) is 0 Å². The maximum Gasteiger partial charge on any atom is 0.241 e. The number of nitrogens with one attached hydrogen (secondary N) is 1. The molecular weight excluding hydrogens is 528 g/mol. The van der Waals surface area contributed by atoms with Crippen LogP contribution in [0.2, 0.25) is 5.02 Å². The maximum atomic E-state index is 13.7. The zero-order valence-corrected chi connectivity index (χ0v) is 25.2. The quantitative estimate of drug-likeness (QED) is 0.359. The normalized spacial score (nSPS) is 33.7. The van der Waals surface area contributed by atoms with Crippen molar-refractivity contribution < 1.29 is 19.8 Å². The molecule has 222 valence electrons. The lowest BCUT2D eigenvalue weighted by molar-refractivity contribution is -0.154. The summed E-state index contributed by atoms with van der Waals surface area (Å²) in [6, 6.07) is 6.72. The van der Waals surface area contributed by atoms with Gasteiger partial charge in [0.1, 0.15) is 0 Å². The molecule has 5 N–H and O–H groups in total. The van der Waals surface area contributed by atoms with Crippen molar-refractivity contribution in [2.45, 2.75) is 101 Å². The molecule has 5 aliphatic rings. The van der Waals surface area contributed by atoms with Crippen molar-refractivity contribution in [3.05, 3.63) is 29.3 Å².